The fourth-order valence-electron chi connectivity index (χ4n) is 1.86. The van der Waals surface area contributed by atoms with E-state index in [4.69, 9.17) is 4.74 Å². The van der Waals surface area contributed by atoms with E-state index in [1.807, 2.05) is 0 Å². The fourth-order valence-corrected chi connectivity index (χ4v) is 1.86. The van der Waals surface area contributed by atoms with E-state index < -0.39 is 28.8 Å². The zero-order valence-electron chi connectivity index (χ0n) is 11.9. The van der Waals surface area contributed by atoms with Crippen molar-refractivity contribution in [3.8, 4) is 5.75 Å². The van der Waals surface area contributed by atoms with Gasteiger partial charge in [0.1, 0.15) is 17.1 Å². The normalized spacial score (nSPS) is 10.6. The minimum Gasteiger partial charge on any atom is -0.494 e. The zero-order chi connectivity index (χ0) is 17.0. The number of anilines is 1. The SMILES string of the molecule is CCOc1ccc(NC(=O)c2ccnn2C(F)F)c([N+](=O)[O-])c1. The van der Waals surface area contributed by atoms with E-state index in [-0.39, 0.29) is 16.1 Å². The zero-order valence-corrected chi connectivity index (χ0v) is 11.9. The Balaban J connectivity index is 2.30. The van der Waals surface area contributed by atoms with E-state index in [0.717, 1.165) is 18.3 Å². The van der Waals surface area contributed by atoms with Crippen LogP contribution >= 0.6 is 0 Å². The molecule has 23 heavy (non-hydrogen) atoms. The molecule has 0 aliphatic rings. The van der Waals surface area contributed by atoms with Gasteiger partial charge in [-0.05, 0) is 25.1 Å². The first-order valence-corrected chi connectivity index (χ1v) is 6.48. The van der Waals surface area contributed by atoms with Gasteiger partial charge in [-0.3, -0.25) is 14.9 Å². The highest BCUT2D eigenvalue weighted by Gasteiger charge is 2.22. The van der Waals surface area contributed by atoms with E-state index in [2.05, 4.69) is 10.4 Å². The maximum atomic E-state index is 12.7. The quantitative estimate of drug-likeness (QED) is 0.650. The van der Waals surface area contributed by atoms with Crippen LogP contribution in [0.25, 0.3) is 0 Å². The molecule has 1 aromatic heterocycles. The Kier molecular flexibility index (Phi) is 4.84. The molecule has 0 bridgehead atoms. The first kappa shape index (κ1) is 16.3. The molecular formula is C13H12F2N4O4. The van der Waals surface area contributed by atoms with Gasteiger partial charge in [0.2, 0.25) is 0 Å². The highest BCUT2D eigenvalue weighted by molar-refractivity contribution is 6.04. The number of halogens is 2. The molecule has 2 rings (SSSR count). The van der Waals surface area contributed by atoms with Gasteiger partial charge in [0.15, 0.2) is 0 Å². The van der Waals surface area contributed by atoms with Crippen LogP contribution in [0.2, 0.25) is 0 Å². The number of nitro benzene ring substituents is 1. The van der Waals surface area contributed by atoms with Crippen LogP contribution in [-0.4, -0.2) is 27.2 Å². The van der Waals surface area contributed by atoms with Crippen molar-refractivity contribution in [2.24, 2.45) is 0 Å². The number of rotatable bonds is 6. The van der Waals surface area contributed by atoms with Crippen LogP contribution < -0.4 is 10.1 Å². The maximum Gasteiger partial charge on any atom is 0.333 e. The van der Waals surface area contributed by atoms with Gasteiger partial charge in [-0.2, -0.15) is 18.6 Å². The lowest BCUT2D eigenvalue weighted by atomic mass is 10.2. The predicted octanol–water partition coefficient (Wildman–Crippen LogP) is 2.84. The Morgan fingerprint density at radius 2 is 2.22 bits per heavy atom. The standard InChI is InChI=1S/C13H12F2N4O4/c1-2-23-8-3-4-9(11(7-8)19(21)22)17-12(20)10-5-6-16-18(10)13(14)15/h3-7,13H,2H2,1H3,(H,17,20). The molecule has 1 heterocycles. The number of alkyl halides is 2. The molecule has 0 radical (unpaired) electrons. The third-order valence-corrected chi connectivity index (χ3v) is 2.81. The lowest BCUT2D eigenvalue weighted by molar-refractivity contribution is -0.384. The molecule has 10 heteroatoms. The summed E-state index contributed by atoms with van der Waals surface area (Å²) < 4.78 is 30.8. The van der Waals surface area contributed by atoms with Gasteiger partial charge < -0.3 is 10.1 Å². The number of nitrogens with one attached hydrogen (secondary N) is 1. The van der Waals surface area contributed by atoms with Crippen molar-refractivity contribution >= 4 is 17.3 Å². The number of carbonyl (C=O) groups excluding carboxylic acids is 1. The van der Waals surface area contributed by atoms with E-state index in [1.54, 1.807) is 6.92 Å². The summed E-state index contributed by atoms with van der Waals surface area (Å²) in [6.45, 7) is -0.968. The van der Waals surface area contributed by atoms with Gasteiger partial charge in [-0.1, -0.05) is 0 Å². The molecule has 1 amide bonds. The maximum absolute atomic E-state index is 12.7. The Morgan fingerprint density at radius 3 is 2.83 bits per heavy atom. The largest absolute Gasteiger partial charge is 0.494 e. The van der Waals surface area contributed by atoms with Crippen LogP contribution in [0.5, 0.6) is 5.75 Å². The van der Waals surface area contributed by atoms with Gasteiger partial charge >= 0.3 is 6.55 Å². The number of ether oxygens (including phenoxy) is 1. The Hall–Kier alpha value is -3.04. The number of amides is 1. The fraction of sp³-hybridized carbons (Fsp3) is 0.231. The minimum absolute atomic E-state index is 0.134. The molecule has 1 N–H and O–H groups in total. The second kappa shape index (κ2) is 6.81. The van der Waals surface area contributed by atoms with Crippen molar-refractivity contribution in [1.82, 2.24) is 9.78 Å². The van der Waals surface area contributed by atoms with Gasteiger partial charge in [0.05, 0.1) is 17.6 Å². The number of nitrogens with zero attached hydrogens (tertiary/aromatic N) is 3. The summed E-state index contributed by atoms with van der Waals surface area (Å²) in [5.41, 5.74) is -0.957. The number of benzene rings is 1. The number of nitro groups is 1. The van der Waals surface area contributed by atoms with Gasteiger partial charge in [0, 0.05) is 6.20 Å². The molecule has 0 fully saturated rings. The monoisotopic (exact) mass is 326 g/mol. The molecule has 0 unspecified atom stereocenters. The van der Waals surface area contributed by atoms with Crippen molar-refractivity contribution in [1.29, 1.82) is 0 Å². The van der Waals surface area contributed by atoms with Crippen LogP contribution in [0.4, 0.5) is 20.2 Å². The van der Waals surface area contributed by atoms with Crippen LogP contribution in [-0.2, 0) is 0 Å². The molecule has 0 saturated carbocycles. The topological polar surface area (TPSA) is 99.3 Å². The number of aromatic nitrogens is 2. The molecule has 0 aliphatic carbocycles. The summed E-state index contributed by atoms with van der Waals surface area (Å²) in [4.78, 5) is 22.4. The van der Waals surface area contributed by atoms with Gasteiger partial charge in [-0.15, -0.1) is 0 Å². The Labute approximate surface area is 128 Å². The lowest BCUT2D eigenvalue weighted by Gasteiger charge is -2.09. The summed E-state index contributed by atoms with van der Waals surface area (Å²) >= 11 is 0. The van der Waals surface area contributed by atoms with E-state index in [1.165, 1.54) is 12.1 Å². The van der Waals surface area contributed by atoms with E-state index >= 15 is 0 Å². The minimum atomic E-state index is -3.00. The third-order valence-electron chi connectivity index (χ3n) is 2.81. The van der Waals surface area contributed by atoms with Crippen molar-refractivity contribution < 1.29 is 23.2 Å². The summed E-state index contributed by atoms with van der Waals surface area (Å²) in [5.74, 6) is -0.676. The third kappa shape index (κ3) is 3.59. The summed E-state index contributed by atoms with van der Waals surface area (Å²) in [7, 11) is 0. The van der Waals surface area contributed by atoms with Crippen LogP contribution in [0.3, 0.4) is 0 Å². The average molecular weight is 326 g/mol. The number of hydrogen-bond acceptors (Lipinski definition) is 5. The second-order valence-electron chi connectivity index (χ2n) is 4.26. The van der Waals surface area contributed by atoms with Gasteiger partial charge in [0.25, 0.3) is 11.6 Å². The summed E-state index contributed by atoms with van der Waals surface area (Å²) in [5, 5.41) is 16.6. The van der Waals surface area contributed by atoms with Crippen molar-refractivity contribution in [2.45, 2.75) is 13.5 Å². The number of hydrogen-bond donors (Lipinski definition) is 1. The predicted molar refractivity (Wildman–Crippen MR) is 75.7 cm³/mol. The molecule has 0 atom stereocenters. The first-order valence-electron chi connectivity index (χ1n) is 6.48. The van der Waals surface area contributed by atoms with Crippen LogP contribution in [0.15, 0.2) is 30.5 Å². The Bertz CT molecular complexity index is 733. The highest BCUT2D eigenvalue weighted by atomic mass is 19.3. The average Bonchev–Trinajstić information content (AvgIpc) is 2.98. The van der Waals surface area contributed by atoms with Crippen LogP contribution in [0, 0.1) is 10.1 Å². The Morgan fingerprint density at radius 1 is 1.48 bits per heavy atom. The summed E-state index contributed by atoms with van der Waals surface area (Å²) in [6, 6.07) is 4.92. The molecule has 0 aliphatic heterocycles. The lowest BCUT2D eigenvalue weighted by Crippen LogP contribution is -2.19. The molecule has 0 spiro atoms. The molecule has 1 aromatic carbocycles. The molecular weight excluding hydrogens is 314 g/mol. The van der Waals surface area contributed by atoms with Crippen molar-refractivity contribution in [2.75, 3.05) is 11.9 Å². The number of carbonyl (C=O) groups is 1. The molecule has 8 nitrogen and oxygen atoms in total. The van der Waals surface area contributed by atoms with Crippen molar-refractivity contribution in [3.63, 3.8) is 0 Å². The molecule has 0 saturated heterocycles. The summed E-state index contributed by atoms with van der Waals surface area (Å²) in [6.07, 6.45) is 1.04. The highest BCUT2D eigenvalue weighted by Crippen LogP contribution is 2.29. The molecule has 2 aromatic rings. The smallest absolute Gasteiger partial charge is 0.333 e. The van der Waals surface area contributed by atoms with Crippen molar-refractivity contribution in [3.05, 3.63) is 46.3 Å². The second-order valence-corrected chi connectivity index (χ2v) is 4.26. The van der Waals surface area contributed by atoms with Crippen LogP contribution in [0.1, 0.15) is 24.0 Å². The van der Waals surface area contributed by atoms with E-state index in [0.29, 0.717) is 6.61 Å². The van der Waals surface area contributed by atoms with E-state index in [9.17, 15) is 23.7 Å². The first-order chi connectivity index (χ1) is 10.9. The molecule has 122 valence electrons. The van der Waals surface area contributed by atoms with Gasteiger partial charge in [-0.25, -0.2) is 0 Å².